The van der Waals surface area contributed by atoms with Crippen molar-refractivity contribution in [3.63, 3.8) is 0 Å². The predicted octanol–water partition coefficient (Wildman–Crippen LogP) is 0.587. The second-order valence-electron chi connectivity index (χ2n) is 4.77. The van der Waals surface area contributed by atoms with Crippen LogP contribution in [-0.2, 0) is 4.74 Å². The summed E-state index contributed by atoms with van der Waals surface area (Å²) in [5, 5.41) is 1.15. The number of carbonyl (C=O) groups is 1. The van der Waals surface area contributed by atoms with Crippen molar-refractivity contribution < 1.29 is 9.53 Å². The summed E-state index contributed by atoms with van der Waals surface area (Å²) in [5.41, 5.74) is 5.10. The van der Waals surface area contributed by atoms with Gasteiger partial charge in [-0.05, 0) is 33.6 Å². The normalized spacial score (nSPS) is 26.6. The Hall–Kier alpha value is -0.810. The highest BCUT2D eigenvalue weighted by molar-refractivity contribution is 5.67. The Morgan fingerprint density at radius 2 is 1.93 bits per heavy atom. The van der Waals surface area contributed by atoms with Crippen LogP contribution in [0.4, 0.5) is 4.79 Å². The molecular formula is C9H19N3O2. The van der Waals surface area contributed by atoms with Crippen LogP contribution in [0, 0.1) is 0 Å². The van der Waals surface area contributed by atoms with E-state index in [1.54, 1.807) is 0 Å². The molecular weight excluding hydrogens is 182 g/mol. The summed E-state index contributed by atoms with van der Waals surface area (Å²) in [4.78, 5) is 11.4. The number of hydrogen-bond donors (Lipinski definition) is 2. The molecule has 0 atom stereocenters. The zero-order valence-corrected chi connectivity index (χ0v) is 8.99. The summed E-state index contributed by atoms with van der Waals surface area (Å²) in [6.45, 7) is 5.43. The maximum Gasteiger partial charge on any atom is 0.424 e. The van der Waals surface area contributed by atoms with Gasteiger partial charge in [0.05, 0.1) is 6.04 Å². The Bertz CT molecular complexity index is 219. The summed E-state index contributed by atoms with van der Waals surface area (Å²) in [7, 11) is 0. The Balaban J connectivity index is 2.38. The topological polar surface area (TPSA) is 81.6 Å². The molecule has 1 rings (SSSR count). The van der Waals surface area contributed by atoms with Crippen LogP contribution in [0.25, 0.3) is 0 Å². The molecule has 82 valence electrons. The van der Waals surface area contributed by atoms with E-state index >= 15 is 0 Å². The molecule has 1 aliphatic carbocycles. The highest BCUT2D eigenvalue weighted by atomic mass is 16.6. The van der Waals surface area contributed by atoms with Gasteiger partial charge in [-0.2, -0.15) is 0 Å². The van der Waals surface area contributed by atoms with Gasteiger partial charge >= 0.3 is 6.09 Å². The van der Waals surface area contributed by atoms with E-state index in [0.717, 1.165) is 17.9 Å². The van der Waals surface area contributed by atoms with Crippen molar-refractivity contribution in [2.45, 2.75) is 51.3 Å². The predicted molar refractivity (Wildman–Crippen MR) is 53.3 cm³/mol. The zero-order chi connectivity index (χ0) is 10.9. The third-order valence-corrected chi connectivity index (χ3v) is 2.15. The van der Waals surface area contributed by atoms with Gasteiger partial charge in [0, 0.05) is 6.04 Å². The lowest BCUT2D eigenvalue weighted by atomic mass is 9.87. The number of amides is 1. The third kappa shape index (κ3) is 2.85. The van der Waals surface area contributed by atoms with Gasteiger partial charge in [0.1, 0.15) is 5.60 Å². The van der Waals surface area contributed by atoms with Crippen LogP contribution in [0.5, 0.6) is 0 Å². The number of hydrogen-bond acceptors (Lipinski definition) is 4. The van der Waals surface area contributed by atoms with Crippen molar-refractivity contribution in [2.24, 2.45) is 11.6 Å². The van der Waals surface area contributed by atoms with Crippen LogP contribution in [0.1, 0.15) is 33.6 Å². The molecule has 5 nitrogen and oxygen atoms in total. The average molecular weight is 201 g/mol. The summed E-state index contributed by atoms with van der Waals surface area (Å²) in [6, 6.07) is 0.216. The average Bonchev–Trinajstić information content (AvgIpc) is 1.94. The van der Waals surface area contributed by atoms with Gasteiger partial charge in [0.2, 0.25) is 0 Å². The molecule has 0 unspecified atom stereocenters. The van der Waals surface area contributed by atoms with Gasteiger partial charge in [0.15, 0.2) is 0 Å². The minimum absolute atomic E-state index is 0.0415. The highest BCUT2D eigenvalue weighted by Crippen LogP contribution is 2.23. The summed E-state index contributed by atoms with van der Waals surface area (Å²) >= 11 is 0. The first kappa shape index (κ1) is 11.3. The highest BCUT2D eigenvalue weighted by Gasteiger charge is 2.34. The molecule has 1 aliphatic rings. The van der Waals surface area contributed by atoms with Gasteiger partial charge in [0.25, 0.3) is 0 Å². The molecule has 14 heavy (non-hydrogen) atoms. The largest absolute Gasteiger partial charge is 0.443 e. The van der Waals surface area contributed by atoms with E-state index in [4.69, 9.17) is 16.3 Å². The fraction of sp³-hybridized carbons (Fsp3) is 0.889. The van der Waals surface area contributed by atoms with Crippen molar-refractivity contribution >= 4 is 6.09 Å². The van der Waals surface area contributed by atoms with E-state index in [1.807, 2.05) is 20.8 Å². The lowest BCUT2D eigenvalue weighted by Gasteiger charge is -2.38. The third-order valence-electron chi connectivity index (χ3n) is 2.15. The Labute approximate surface area is 84.3 Å². The first-order valence-electron chi connectivity index (χ1n) is 4.82. The van der Waals surface area contributed by atoms with Crippen LogP contribution in [0.15, 0.2) is 0 Å². The molecule has 5 heteroatoms. The molecule has 0 bridgehead atoms. The molecule has 0 aromatic carbocycles. The van der Waals surface area contributed by atoms with Crippen molar-refractivity contribution in [2.75, 3.05) is 0 Å². The molecule has 4 N–H and O–H groups in total. The Kier molecular flexibility index (Phi) is 3.01. The van der Waals surface area contributed by atoms with E-state index < -0.39 is 11.7 Å². The summed E-state index contributed by atoms with van der Waals surface area (Å²) < 4.78 is 5.11. The maximum atomic E-state index is 11.4. The molecule has 0 aromatic rings. The number of hydrazine groups is 1. The Morgan fingerprint density at radius 1 is 1.43 bits per heavy atom. The Morgan fingerprint density at radius 3 is 2.29 bits per heavy atom. The second kappa shape index (κ2) is 3.74. The number of rotatable bonds is 1. The van der Waals surface area contributed by atoms with Crippen molar-refractivity contribution in [3.8, 4) is 0 Å². The van der Waals surface area contributed by atoms with E-state index in [-0.39, 0.29) is 12.1 Å². The van der Waals surface area contributed by atoms with Crippen molar-refractivity contribution in [3.05, 3.63) is 0 Å². The standard InChI is InChI=1S/C9H19N3O2/c1-9(2,3)14-8(13)12(11)7-4-6(10)5-7/h6-7H,4-5,10-11H2,1-3H3. The molecule has 1 amide bonds. The fourth-order valence-corrected chi connectivity index (χ4v) is 1.32. The zero-order valence-electron chi connectivity index (χ0n) is 8.99. The summed E-state index contributed by atoms with van der Waals surface area (Å²) in [6.07, 6.45) is 1.04. The first-order valence-corrected chi connectivity index (χ1v) is 4.82. The van der Waals surface area contributed by atoms with Gasteiger partial charge in [-0.1, -0.05) is 0 Å². The molecule has 0 aromatic heterocycles. The van der Waals surface area contributed by atoms with Gasteiger partial charge in [-0.25, -0.2) is 15.6 Å². The summed E-state index contributed by atoms with van der Waals surface area (Å²) in [5.74, 6) is 5.60. The first-order chi connectivity index (χ1) is 6.29. The fourth-order valence-electron chi connectivity index (χ4n) is 1.32. The minimum Gasteiger partial charge on any atom is -0.443 e. The van der Waals surface area contributed by atoms with Gasteiger partial charge in [-0.3, -0.25) is 0 Å². The van der Waals surface area contributed by atoms with E-state index in [9.17, 15) is 4.79 Å². The lowest BCUT2D eigenvalue weighted by Crippen LogP contribution is -2.56. The minimum atomic E-state index is -0.499. The smallest absolute Gasteiger partial charge is 0.424 e. The van der Waals surface area contributed by atoms with Crippen molar-refractivity contribution in [1.82, 2.24) is 5.01 Å². The number of nitrogens with two attached hydrogens (primary N) is 2. The van der Waals surface area contributed by atoms with E-state index in [1.165, 1.54) is 0 Å². The maximum absolute atomic E-state index is 11.4. The van der Waals surface area contributed by atoms with Crippen LogP contribution < -0.4 is 11.6 Å². The van der Waals surface area contributed by atoms with Crippen molar-refractivity contribution in [1.29, 1.82) is 0 Å². The van der Waals surface area contributed by atoms with E-state index in [0.29, 0.717) is 0 Å². The molecule has 0 heterocycles. The van der Waals surface area contributed by atoms with Crippen LogP contribution >= 0.6 is 0 Å². The second-order valence-corrected chi connectivity index (χ2v) is 4.77. The molecule has 1 fully saturated rings. The van der Waals surface area contributed by atoms with Crippen LogP contribution in [0.2, 0.25) is 0 Å². The van der Waals surface area contributed by atoms with E-state index in [2.05, 4.69) is 0 Å². The molecule has 0 radical (unpaired) electrons. The van der Waals surface area contributed by atoms with Gasteiger partial charge < -0.3 is 10.5 Å². The molecule has 0 spiro atoms. The molecule has 1 saturated carbocycles. The number of ether oxygens (including phenoxy) is 1. The molecule has 0 aliphatic heterocycles. The van der Waals surface area contributed by atoms with Crippen LogP contribution in [0.3, 0.4) is 0 Å². The SMILES string of the molecule is CC(C)(C)OC(=O)N(N)C1CC(N)C1. The molecule has 0 saturated heterocycles. The number of carbonyl (C=O) groups excluding carboxylic acids is 1. The monoisotopic (exact) mass is 201 g/mol. The van der Waals surface area contributed by atoms with Crippen LogP contribution in [-0.4, -0.2) is 28.8 Å². The quantitative estimate of drug-likeness (QED) is 0.369. The lowest BCUT2D eigenvalue weighted by molar-refractivity contribution is 0.00431. The number of nitrogens with zero attached hydrogens (tertiary/aromatic N) is 1. The van der Waals surface area contributed by atoms with Gasteiger partial charge in [-0.15, -0.1) is 0 Å².